The van der Waals surface area contributed by atoms with Crippen molar-refractivity contribution in [2.45, 2.75) is 4.90 Å². The third-order valence-corrected chi connectivity index (χ3v) is 4.78. The zero-order valence-electron chi connectivity index (χ0n) is 13.1. The van der Waals surface area contributed by atoms with Crippen LogP contribution >= 0.6 is 11.6 Å². The van der Waals surface area contributed by atoms with Gasteiger partial charge >= 0.3 is 0 Å². The van der Waals surface area contributed by atoms with E-state index in [0.717, 1.165) is 16.7 Å². The highest BCUT2D eigenvalue weighted by molar-refractivity contribution is 7.89. The zero-order valence-corrected chi connectivity index (χ0v) is 14.7. The molecule has 0 fully saturated rings. The number of halogens is 1. The first-order valence-electron chi connectivity index (χ1n) is 7.44. The summed E-state index contributed by atoms with van der Waals surface area (Å²) in [6.45, 7) is 0. The summed E-state index contributed by atoms with van der Waals surface area (Å²) in [5.41, 5.74) is 3.12. The molecular weight excluding hydrogens is 354 g/mol. The Morgan fingerprint density at radius 3 is 2.16 bits per heavy atom. The normalized spacial score (nSPS) is 10.8. The quantitative estimate of drug-likeness (QED) is 0.694. The fourth-order valence-electron chi connectivity index (χ4n) is 2.43. The van der Waals surface area contributed by atoms with E-state index in [1.54, 1.807) is 12.1 Å². The van der Waals surface area contributed by atoms with Gasteiger partial charge in [0.15, 0.2) is 0 Å². The molecule has 0 amide bonds. The molecule has 3 rings (SSSR count). The maximum atomic E-state index is 11.8. The van der Waals surface area contributed by atoms with Crippen molar-refractivity contribution in [1.82, 2.24) is 0 Å². The molecule has 3 nitrogen and oxygen atoms in total. The lowest BCUT2D eigenvalue weighted by molar-refractivity contribution is 0.597. The maximum Gasteiger partial charge on any atom is 0.239 e. The Labute approximate surface area is 152 Å². The summed E-state index contributed by atoms with van der Waals surface area (Å²) in [6.07, 6.45) is 0. The minimum atomic E-state index is -3.91. The van der Waals surface area contributed by atoms with Gasteiger partial charge in [0.25, 0.3) is 0 Å². The van der Waals surface area contributed by atoms with Crippen molar-refractivity contribution in [2.75, 3.05) is 0 Å². The number of sulfonamides is 1. The van der Waals surface area contributed by atoms with Crippen LogP contribution in [0.1, 0.15) is 11.1 Å². The van der Waals surface area contributed by atoms with Gasteiger partial charge in [-0.1, -0.05) is 72.0 Å². The molecule has 0 aromatic heterocycles. The number of rotatable bonds is 2. The van der Waals surface area contributed by atoms with Gasteiger partial charge in [0.2, 0.25) is 10.0 Å². The molecule has 3 aromatic carbocycles. The van der Waals surface area contributed by atoms with E-state index in [0.29, 0.717) is 10.6 Å². The van der Waals surface area contributed by atoms with Crippen molar-refractivity contribution >= 4 is 21.6 Å². The van der Waals surface area contributed by atoms with Gasteiger partial charge in [0, 0.05) is 16.1 Å². The maximum absolute atomic E-state index is 11.8. The van der Waals surface area contributed by atoms with E-state index in [9.17, 15) is 8.42 Å². The number of nitrogens with two attached hydrogens (primary N) is 1. The van der Waals surface area contributed by atoms with E-state index < -0.39 is 10.0 Å². The van der Waals surface area contributed by atoms with Crippen molar-refractivity contribution in [3.63, 3.8) is 0 Å². The Kier molecular flexibility index (Phi) is 4.91. The first kappa shape index (κ1) is 17.2. The molecule has 0 bridgehead atoms. The fourth-order valence-corrected chi connectivity index (χ4v) is 3.38. The Balaban J connectivity index is 2.11. The molecule has 2 N–H and O–H groups in total. The Bertz CT molecular complexity index is 1080. The number of benzene rings is 3. The largest absolute Gasteiger partial charge is 0.239 e. The van der Waals surface area contributed by atoms with E-state index in [1.165, 1.54) is 6.07 Å². The molecule has 0 radical (unpaired) electrons. The highest BCUT2D eigenvalue weighted by atomic mass is 35.5. The fraction of sp³-hybridized carbons (Fsp3) is 0. The number of hydrogen-bond donors (Lipinski definition) is 1. The second-order valence-electron chi connectivity index (χ2n) is 5.35. The van der Waals surface area contributed by atoms with Gasteiger partial charge in [-0.05, 0) is 35.4 Å². The summed E-state index contributed by atoms with van der Waals surface area (Å²) in [5.74, 6) is 5.95. The standard InChI is InChI=1S/C20H14ClNO2S/c21-18-13-12-17(20(14-18)25(22,23)24)11-10-16-8-4-5-9-19(16)15-6-2-1-3-7-15/h1-9,12-14H,(H2,22,23,24). The molecule has 0 aliphatic carbocycles. The first-order chi connectivity index (χ1) is 11.9. The Morgan fingerprint density at radius 2 is 1.44 bits per heavy atom. The SMILES string of the molecule is NS(=O)(=O)c1cc(Cl)ccc1C#Cc1ccccc1-c1ccccc1. The molecule has 25 heavy (non-hydrogen) atoms. The topological polar surface area (TPSA) is 60.2 Å². The highest BCUT2D eigenvalue weighted by Crippen LogP contribution is 2.23. The summed E-state index contributed by atoms with van der Waals surface area (Å²) in [6, 6.07) is 22.0. The number of hydrogen-bond acceptors (Lipinski definition) is 2. The monoisotopic (exact) mass is 367 g/mol. The van der Waals surface area contributed by atoms with Crippen LogP contribution in [0.3, 0.4) is 0 Å². The summed E-state index contributed by atoms with van der Waals surface area (Å²) in [5, 5.41) is 5.55. The second-order valence-corrected chi connectivity index (χ2v) is 7.31. The lowest BCUT2D eigenvalue weighted by Crippen LogP contribution is -2.13. The van der Waals surface area contributed by atoms with E-state index in [1.807, 2.05) is 54.6 Å². The van der Waals surface area contributed by atoms with Crippen molar-refractivity contribution in [2.24, 2.45) is 5.14 Å². The summed E-state index contributed by atoms with van der Waals surface area (Å²) >= 11 is 5.88. The lowest BCUT2D eigenvalue weighted by Gasteiger charge is -2.05. The third-order valence-electron chi connectivity index (χ3n) is 3.59. The minimum Gasteiger partial charge on any atom is -0.225 e. The molecule has 0 saturated carbocycles. The average molecular weight is 368 g/mol. The Morgan fingerprint density at radius 1 is 0.800 bits per heavy atom. The number of primary sulfonamides is 1. The lowest BCUT2D eigenvalue weighted by atomic mass is 10.00. The van der Waals surface area contributed by atoms with Gasteiger partial charge in [-0.25, -0.2) is 13.6 Å². The van der Waals surface area contributed by atoms with Gasteiger partial charge in [-0.15, -0.1) is 0 Å². The van der Waals surface area contributed by atoms with Crippen LogP contribution in [0.4, 0.5) is 0 Å². The molecule has 0 saturated heterocycles. The molecule has 0 aliphatic rings. The molecule has 0 spiro atoms. The third kappa shape index (κ3) is 4.09. The van der Waals surface area contributed by atoms with E-state index in [2.05, 4.69) is 11.8 Å². The van der Waals surface area contributed by atoms with Crippen LogP contribution in [0.5, 0.6) is 0 Å². The van der Waals surface area contributed by atoms with Crippen molar-refractivity contribution in [1.29, 1.82) is 0 Å². The van der Waals surface area contributed by atoms with Crippen LogP contribution in [0.25, 0.3) is 11.1 Å². The minimum absolute atomic E-state index is 0.0790. The molecule has 0 aliphatic heterocycles. The van der Waals surface area contributed by atoms with Crippen LogP contribution in [-0.4, -0.2) is 8.42 Å². The van der Waals surface area contributed by atoms with Gasteiger partial charge in [-0.3, -0.25) is 0 Å². The Hall–Kier alpha value is -2.58. The van der Waals surface area contributed by atoms with E-state index >= 15 is 0 Å². The van der Waals surface area contributed by atoms with Gasteiger partial charge in [0.1, 0.15) is 0 Å². The average Bonchev–Trinajstić information content (AvgIpc) is 2.61. The molecular formula is C20H14ClNO2S. The predicted molar refractivity (Wildman–Crippen MR) is 101 cm³/mol. The van der Waals surface area contributed by atoms with Crippen LogP contribution in [0.2, 0.25) is 5.02 Å². The van der Waals surface area contributed by atoms with Crippen LogP contribution in [0.15, 0.2) is 77.7 Å². The van der Waals surface area contributed by atoms with Crippen molar-refractivity contribution in [3.8, 4) is 23.0 Å². The molecule has 124 valence electrons. The zero-order chi connectivity index (χ0) is 17.9. The molecule has 0 unspecified atom stereocenters. The smallest absolute Gasteiger partial charge is 0.225 e. The van der Waals surface area contributed by atoms with E-state index in [4.69, 9.17) is 16.7 Å². The van der Waals surface area contributed by atoms with Crippen molar-refractivity contribution in [3.05, 3.63) is 88.9 Å². The molecule has 3 aromatic rings. The highest BCUT2D eigenvalue weighted by Gasteiger charge is 2.13. The van der Waals surface area contributed by atoms with Crippen LogP contribution < -0.4 is 5.14 Å². The molecule has 0 heterocycles. The summed E-state index contributed by atoms with van der Waals surface area (Å²) < 4.78 is 23.5. The summed E-state index contributed by atoms with van der Waals surface area (Å²) in [4.78, 5) is -0.0790. The van der Waals surface area contributed by atoms with Gasteiger partial charge in [0.05, 0.1) is 4.90 Å². The van der Waals surface area contributed by atoms with Crippen molar-refractivity contribution < 1.29 is 8.42 Å². The van der Waals surface area contributed by atoms with Gasteiger partial charge in [-0.2, -0.15) is 0 Å². The van der Waals surface area contributed by atoms with E-state index in [-0.39, 0.29) is 4.90 Å². The van der Waals surface area contributed by atoms with Crippen LogP contribution in [-0.2, 0) is 10.0 Å². The summed E-state index contributed by atoms with van der Waals surface area (Å²) in [7, 11) is -3.91. The second kappa shape index (κ2) is 7.12. The van der Waals surface area contributed by atoms with Gasteiger partial charge < -0.3 is 0 Å². The van der Waals surface area contributed by atoms with Crippen LogP contribution in [0, 0.1) is 11.8 Å². The first-order valence-corrected chi connectivity index (χ1v) is 9.36. The molecule has 5 heteroatoms. The predicted octanol–water partition coefficient (Wildman–Crippen LogP) is 4.05. The molecule has 0 atom stereocenters.